The van der Waals surface area contributed by atoms with Gasteiger partial charge in [-0.05, 0) is 43.7 Å². The van der Waals surface area contributed by atoms with Gasteiger partial charge < -0.3 is 9.64 Å². The summed E-state index contributed by atoms with van der Waals surface area (Å²) in [5.41, 5.74) is 1.03. The smallest absolute Gasteiger partial charge is 0.411 e. The van der Waals surface area contributed by atoms with Crippen molar-refractivity contribution >= 4 is 35.1 Å². The van der Waals surface area contributed by atoms with Crippen LogP contribution in [0.15, 0.2) is 46.7 Å². The monoisotopic (exact) mass is 416 g/mol. The molecule has 148 valence electrons. The second-order valence-electron chi connectivity index (χ2n) is 7.21. The highest BCUT2D eigenvalue weighted by Gasteiger charge is 2.44. The molecule has 0 saturated carbocycles. The summed E-state index contributed by atoms with van der Waals surface area (Å²) in [6.45, 7) is 3.39. The molecule has 2 aliphatic heterocycles. The highest BCUT2D eigenvalue weighted by Crippen LogP contribution is 2.36. The van der Waals surface area contributed by atoms with E-state index in [9.17, 15) is 9.59 Å². The number of rotatable bonds is 4. The van der Waals surface area contributed by atoms with Crippen molar-refractivity contribution in [2.75, 3.05) is 19.3 Å². The average molecular weight is 417 g/mol. The van der Waals surface area contributed by atoms with Gasteiger partial charge in [0.1, 0.15) is 6.10 Å². The number of carbonyl (C=O) groups is 2. The molecule has 2 atom stereocenters. The van der Waals surface area contributed by atoms with Crippen LogP contribution in [0.5, 0.6) is 0 Å². The van der Waals surface area contributed by atoms with Crippen LogP contribution in [0, 0.1) is 0 Å². The van der Waals surface area contributed by atoms with Crippen molar-refractivity contribution in [3.05, 3.63) is 52.9 Å². The van der Waals surface area contributed by atoms with Gasteiger partial charge in [0, 0.05) is 19.1 Å². The summed E-state index contributed by atoms with van der Waals surface area (Å²) in [6.07, 6.45) is 3.12. The van der Waals surface area contributed by atoms with Crippen LogP contribution in [-0.4, -0.2) is 53.2 Å². The summed E-state index contributed by atoms with van der Waals surface area (Å²) in [7, 11) is 0. The number of benzene rings is 1. The molecular weight excluding hydrogens is 392 g/mol. The van der Waals surface area contributed by atoms with E-state index in [0.29, 0.717) is 13.1 Å². The van der Waals surface area contributed by atoms with E-state index < -0.39 is 0 Å². The normalized spacial score (nSPS) is 23.1. The van der Waals surface area contributed by atoms with Crippen LogP contribution in [0.4, 0.5) is 4.79 Å². The summed E-state index contributed by atoms with van der Waals surface area (Å²) in [6, 6.07) is 13.9. The maximum atomic E-state index is 12.7. The summed E-state index contributed by atoms with van der Waals surface area (Å²) in [5.74, 6) is 0.1000. The van der Waals surface area contributed by atoms with Gasteiger partial charge in [0.2, 0.25) is 0 Å². The van der Waals surface area contributed by atoms with Gasteiger partial charge in [-0.25, -0.2) is 4.79 Å². The molecule has 0 aliphatic carbocycles. The molecule has 2 aliphatic rings. The number of cyclic esters (lactones) is 1. The molecule has 0 N–H and O–H groups in total. The second kappa shape index (κ2) is 8.17. The maximum Gasteiger partial charge on any atom is 0.411 e. The Kier molecular flexibility index (Phi) is 5.64. The molecule has 4 rings (SSSR count). The van der Waals surface area contributed by atoms with Crippen molar-refractivity contribution in [3.63, 3.8) is 0 Å². The number of hydrogen-bond donors (Lipinski definition) is 0. The van der Waals surface area contributed by atoms with Crippen molar-refractivity contribution in [3.8, 4) is 0 Å². The van der Waals surface area contributed by atoms with Crippen molar-refractivity contribution in [2.24, 2.45) is 0 Å². The van der Waals surface area contributed by atoms with Crippen LogP contribution in [0.1, 0.15) is 41.1 Å². The fraction of sp³-hybridized carbons (Fsp3) is 0.429. The van der Waals surface area contributed by atoms with E-state index in [2.05, 4.69) is 6.92 Å². The van der Waals surface area contributed by atoms with Crippen LogP contribution in [-0.2, 0) is 4.74 Å². The predicted molar refractivity (Wildman–Crippen MR) is 112 cm³/mol. The van der Waals surface area contributed by atoms with Crippen LogP contribution in [0.3, 0.4) is 0 Å². The number of nitrogens with zero attached hydrogens (tertiary/aromatic N) is 2. The van der Waals surface area contributed by atoms with Gasteiger partial charge in [0.15, 0.2) is 0 Å². The highest BCUT2D eigenvalue weighted by atomic mass is 32.2. The first-order valence-electron chi connectivity index (χ1n) is 9.55. The number of thioether (sulfide) groups is 1. The summed E-state index contributed by atoms with van der Waals surface area (Å²) >= 11 is 3.21. The Morgan fingerprint density at radius 2 is 1.86 bits per heavy atom. The van der Waals surface area contributed by atoms with Crippen molar-refractivity contribution in [1.29, 1.82) is 0 Å². The predicted octanol–water partition coefficient (Wildman–Crippen LogP) is 4.66. The Morgan fingerprint density at radius 1 is 1.14 bits per heavy atom. The van der Waals surface area contributed by atoms with Gasteiger partial charge in [-0.15, -0.1) is 23.1 Å². The number of likely N-dealkylation sites (tertiary alicyclic amines) is 1. The second-order valence-corrected chi connectivity index (χ2v) is 9.40. The fourth-order valence-corrected chi connectivity index (χ4v) is 5.61. The molecule has 2 saturated heterocycles. The molecule has 2 fully saturated rings. The average Bonchev–Trinajstić information content (AvgIpc) is 3.33. The number of amides is 2. The third kappa shape index (κ3) is 3.65. The van der Waals surface area contributed by atoms with Crippen LogP contribution >= 0.6 is 23.1 Å². The minimum atomic E-state index is -0.242. The van der Waals surface area contributed by atoms with E-state index >= 15 is 0 Å². The van der Waals surface area contributed by atoms with E-state index in [1.165, 1.54) is 0 Å². The van der Waals surface area contributed by atoms with E-state index in [-0.39, 0.29) is 30.2 Å². The molecular formula is C21H24N2O3S2. The van der Waals surface area contributed by atoms with E-state index in [1.54, 1.807) is 23.1 Å². The molecule has 0 spiro atoms. The summed E-state index contributed by atoms with van der Waals surface area (Å²) in [5, 5.41) is 0. The third-order valence-electron chi connectivity index (χ3n) is 5.58. The number of thiophene rings is 1. The molecule has 1 aromatic carbocycles. The van der Waals surface area contributed by atoms with Crippen LogP contribution in [0.2, 0.25) is 0 Å². The first kappa shape index (κ1) is 19.3. The van der Waals surface area contributed by atoms with Gasteiger partial charge in [-0.3, -0.25) is 9.69 Å². The first-order valence-corrected chi connectivity index (χ1v) is 11.6. The molecule has 2 aromatic rings. The Bertz CT molecular complexity index is 846. The topological polar surface area (TPSA) is 49.9 Å². The Labute approximate surface area is 173 Å². The maximum absolute atomic E-state index is 12.7. The lowest BCUT2D eigenvalue weighted by atomic mass is 9.98. The van der Waals surface area contributed by atoms with Gasteiger partial charge in [-0.2, -0.15) is 0 Å². The number of ether oxygens (including phenoxy) is 1. The van der Waals surface area contributed by atoms with Gasteiger partial charge in [0.25, 0.3) is 5.91 Å². The molecule has 0 unspecified atom stereocenters. The molecule has 1 aromatic heterocycles. The molecule has 0 bridgehead atoms. The molecule has 28 heavy (non-hydrogen) atoms. The Morgan fingerprint density at radius 3 is 2.50 bits per heavy atom. The number of hydrogen-bond acceptors (Lipinski definition) is 5. The van der Waals surface area contributed by atoms with E-state index in [4.69, 9.17) is 4.74 Å². The third-order valence-corrected chi connectivity index (χ3v) is 7.74. The highest BCUT2D eigenvalue weighted by molar-refractivity contribution is 8.00. The van der Waals surface area contributed by atoms with Crippen molar-refractivity contribution in [1.82, 2.24) is 9.80 Å². The van der Waals surface area contributed by atoms with E-state index in [1.807, 2.05) is 58.5 Å². The molecule has 2 amide bonds. The number of piperidine rings is 1. The van der Waals surface area contributed by atoms with E-state index in [0.717, 1.165) is 27.5 Å². The lowest BCUT2D eigenvalue weighted by Gasteiger charge is -2.37. The SMILES string of the molecule is CSc1ccc(C(=O)N2CCC(N3C(=O)O[C@@H](c4ccccc4)[C@H]3C)CC2)s1. The minimum absolute atomic E-state index is 0.0106. The zero-order valence-electron chi connectivity index (χ0n) is 16.0. The van der Waals surface area contributed by atoms with Gasteiger partial charge >= 0.3 is 6.09 Å². The molecule has 5 nitrogen and oxygen atoms in total. The zero-order chi connectivity index (χ0) is 19.7. The van der Waals surface area contributed by atoms with Crippen molar-refractivity contribution < 1.29 is 14.3 Å². The molecule has 0 radical (unpaired) electrons. The standard InChI is InChI=1S/C21H24N2O3S2/c1-14-19(15-6-4-3-5-7-15)26-21(25)23(14)16-10-12-22(13-11-16)20(24)17-8-9-18(27-2)28-17/h3-9,14,16,19H,10-13H2,1-2H3/t14-,19-/m1/s1. The van der Waals surface area contributed by atoms with Crippen LogP contribution in [0.25, 0.3) is 0 Å². The molecule has 7 heteroatoms. The largest absolute Gasteiger partial charge is 0.439 e. The lowest BCUT2D eigenvalue weighted by Crippen LogP contribution is -2.49. The summed E-state index contributed by atoms with van der Waals surface area (Å²) < 4.78 is 6.84. The van der Waals surface area contributed by atoms with Crippen molar-refractivity contribution in [2.45, 2.75) is 42.2 Å². The molecule has 3 heterocycles. The van der Waals surface area contributed by atoms with Gasteiger partial charge in [0.05, 0.1) is 15.1 Å². The lowest BCUT2D eigenvalue weighted by molar-refractivity contribution is 0.0645. The Hall–Kier alpha value is -1.99. The fourth-order valence-electron chi connectivity index (χ4n) is 4.10. The number of carbonyl (C=O) groups excluding carboxylic acids is 2. The summed E-state index contributed by atoms with van der Waals surface area (Å²) in [4.78, 5) is 29.9. The van der Waals surface area contributed by atoms with Crippen LogP contribution < -0.4 is 0 Å². The quantitative estimate of drug-likeness (QED) is 0.681. The minimum Gasteiger partial charge on any atom is -0.439 e. The van der Waals surface area contributed by atoms with Gasteiger partial charge in [-0.1, -0.05) is 30.3 Å². The first-order chi connectivity index (χ1) is 13.6. The zero-order valence-corrected chi connectivity index (χ0v) is 17.7. The Balaban J connectivity index is 1.39.